The summed E-state index contributed by atoms with van der Waals surface area (Å²) in [6, 6.07) is 11.1. The van der Waals surface area contributed by atoms with Crippen LogP contribution in [0.4, 0.5) is 8.78 Å². The van der Waals surface area contributed by atoms with E-state index >= 15 is 0 Å². The van der Waals surface area contributed by atoms with E-state index in [0.29, 0.717) is 43.5 Å². The number of benzene rings is 2. The van der Waals surface area contributed by atoms with Crippen LogP contribution in [0.5, 0.6) is 0 Å². The van der Waals surface area contributed by atoms with E-state index in [0.717, 1.165) is 16.8 Å². The first-order chi connectivity index (χ1) is 14.0. The molecule has 0 spiro atoms. The average Bonchev–Trinajstić information content (AvgIpc) is 3.18. The number of aromatic nitrogens is 1. The second kappa shape index (κ2) is 11.6. The standard InChI is InChI=1S/C22H24F2N4O.HI/c1-3-25-22(27-13-16-5-4-15(2)20(24)12-16)26-11-10-19-14-29-21(28-19)17-6-8-18(23)9-7-17;/h4-9,12,14H,3,10-11,13H2,1-2H3,(H2,25,26,27);1H. The van der Waals surface area contributed by atoms with Gasteiger partial charge in [0.1, 0.15) is 17.9 Å². The molecule has 0 aliphatic rings. The molecule has 1 aromatic heterocycles. The molecule has 0 saturated heterocycles. The first kappa shape index (κ1) is 23.8. The summed E-state index contributed by atoms with van der Waals surface area (Å²) in [6.45, 7) is 5.41. The van der Waals surface area contributed by atoms with Crippen molar-refractivity contribution in [2.75, 3.05) is 13.1 Å². The Morgan fingerprint density at radius 3 is 2.57 bits per heavy atom. The number of halogens is 3. The van der Waals surface area contributed by atoms with E-state index in [-0.39, 0.29) is 35.6 Å². The van der Waals surface area contributed by atoms with E-state index in [1.54, 1.807) is 31.4 Å². The number of nitrogens with zero attached hydrogens (tertiary/aromatic N) is 2. The molecule has 0 atom stereocenters. The van der Waals surface area contributed by atoms with Gasteiger partial charge in [0.05, 0.1) is 12.2 Å². The molecule has 2 N–H and O–H groups in total. The van der Waals surface area contributed by atoms with Crippen LogP contribution in [0.1, 0.15) is 23.7 Å². The fourth-order valence-electron chi connectivity index (χ4n) is 2.70. The molecule has 1 heterocycles. The van der Waals surface area contributed by atoms with E-state index in [4.69, 9.17) is 4.42 Å². The van der Waals surface area contributed by atoms with Gasteiger partial charge in [-0.25, -0.2) is 18.8 Å². The summed E-state index contributed by atoms with van der Waals surface area (Å²) in [5.41, 5.74) is 2.94. The zero-order chi connectivity index (χ0) is 20.6. The normalized spacial score (nSPS) is 11.1. The van der Waals surface area contributed by atoms with Gasteiger partial charge in [-0.05, 0) is 55.3 Å². The Hall–Kier alpha value is -2.49. The van der Waals surface area contributed by atoms with E-state index < -0.39 is 0 Å². The smallest absolute Gasteiger partial charge is 0.226 e. The molecule has 0 unspecified atom stereocenters. The summed E-state index contributed by atoms with van der Waals surface area (Å²) in [6.07, 6.45) is 2.23. The third-order valence-corrected chi connectivity index (χ3v) is 4.32. The third-order valence-electron chi connectivity index (χ3n) is 4.32. The summed E-state index contributed by atoms with van der Waals surface area (Å²) in [5.74, 6) is 0.588. The molecule has 8 heteroatoms. The Morgan fingerprint density at radius 2 is 1.87 bits per heavy atom. The largest absolute Gasteiger partial charge is 0.444 e. The van der Waals surface area contributed by atoms with Gasteiger partial charge < -0.3 is 15.1 Å². The van der Waals surface area contributed by atoms with Crippen molar-refractivity contribution in [2.24, 2.45) is 4.99 Å². The Morgan fingerprint density at radius 1 is 1.10 bits per heavy atom. The SMILES string of the molecule is CCNC(=NCc1ccc(C)c(F)c1)NCCc1coc(-c2ccc(F)cc2)n1.I. The van der Waals surface area contributed by atoms with Crippen LogP contribution in [0.3, 0.4) is 0 Å². The Bertz CT molecular complexity index is 974. The predicted octanol–water partition coefficient (Wildman–Crippen LogP) is 4.84. The van der Waals surface area contributed by atoms with E-state index in [2.05, 4.69) is 20.6 Å². The van der Waals surface area contributed by atoms with Crippen molar-refractivity contribution in [2.45, 2.75) is 26.8 Å². The van der Waals surface area contributed by atoms with Gasteiger partial charge in [-0.1, -0.05) is 12.1 Å². The summed E-state index contributed by atoms with van der Waals surface area (Å²) >= 11 is 0. The van der Waals surface area contributed by atoms with Crippen LogP contribution in [0.25, 0.3) is 11.5 Å². The van der Waals surface area contributed by atoms with Gasteiger partial charge in [0, 0.05) is 25.1 Å². The molecule has 30 heavy (non-hydrogen) atoms. The lowest BCUT2D eigenvalue weighted by Crippen LogP contribution is -2.38. The first-order valence-corrected chi connectivity index (χ1v) is 9.52. The van der Waals surface area contributed by atoms with Gasteiger partial charge in [-0.3, -0.25) is 0 Å². The monoisotopic (exact) mass is 526 g/mol. The summed E-state index contributed by atoms with van der Waals surface area (Å²) in [7, 11) is 0. The number of oxazole rings is 1. The molecule has 3 aromatic rings. The molecule has 0 saturated carbocycles. The van der Waals surface area contributed by atoms with Crippen LogP contribution in [0.2, 0.25) is 0 Å². The fourth-order valence-corrected chi connectivity index (χ4v) is 2.70. The quantitative estimate of drug-likeness (QED) is 0.263. The highest BCUT2D eigenvalue weighted by Gasteiger charge is 2.07. The highest BCUT2D eigenvalue weighted by Crippen LogP contribution is 2.19. The zero-order valence-electron chi connectivity index (χ0n) is 16.9. The van der Waals surface area contributed by atoms with E-state index in [1.807, 2.05) is 13.0 Å². The van der Waals surface area contributed by atoms with Crippen molar-refractivity contribution in [3.8, 4) is 11.5 Å². The molecule has 5 nitrogen and oxygen atoms in total. The fraction of sp³-hybridized carbons (Fsp3) is 0.273. The highest BCUT2D eigenvalue weighted by atomic mass is 127. The minimum atomic E-state index is -0.298. The minimum Gasteiger partial charge on any atom is -0.444 e. The average molecular weight is 526 g/mol. The third kappa shape index (κ3) is 6.79. The maximum atomic E-state index is 13.7. The summed E-state index contributed by atoms with van der Waals surface area (Å²) < 4.78 is 32.2. The van der Waals surface area contributed by atoms with Gasteiger partial charge in [0.15, 0.2) is 5.96 Å². The maximum Gasteiger partial charge on any atom is 0.226 e. The molecule has 160 valence electrons. The van der Waals surface area contributed by atoms with Crippen LogP contribution in [-0.4, -0.2) is 24.0 Å². The highest BCUT2D eigenvalue weighted by molar-refractivity contribution is 14.0. The van der Waals surface area contributed by atoms with Crippen molar-refractivity contribution >= 4 is 29.9 Å². The lowest BCUT2D eigenvalue weighted by atomic mass is 10.1. The number of guanidine groups is 1. The molecular formula is C22H25F2IN4O. The maximum absolute atomic E-state index is 13.7. The van der Waals surface area contributed by atoms with Gasteiger partial charge in [-0.2, -0.15) is 0 Å². The zero-order valence-corrected chi connectivity index (χ0v) is 19.2. The van der Waals surface area contributed by atoms with Crippen LogP contribution < -0.4 is 10.6 Å². The Balaban J connectivity index is 0.00000320. The molecule has 2 aromatic carbocycles. The lowest BCUT2D eigenvalue weighted by Gasteiger charge is -2.10. The minimum absolute atomic E-state index is 0. The van der Waals surface area contributed by atoms with Crippen molar-refractivity contribution in [1.82, 2.24) is 15.6 Å². The number of aryl methyl sites for hydroxylation is 1. The molecule has 0 aliphatic heterocycles. The molecule has 0 aliphatic carbocycles. The topological polar surface area (TPSA) is 62.5 Å². The van der Waals surface area contributed by atoms with Crippen LogP contribution in [-0.2, 0) is 13.0 Å². The molecular weight excluding hydrogens is 501 g/mol. The molecule has 0 radical (unpaired) electrons. The van der Waals surface area contributed by atoms with Crippen molar-refractivity contribution in [3.63, 3.8) is 0 Å². The van der Waals surface area contributed by atoms with Crippen LogP contribution >= 0.6 is 24.0 Å². The second-order valence-corrected chi connectivity index (χ2v) is 6.61. The van der Waals surface area contributed by atoms with Gasteiger partial charge in [0.2, 0.25) is 5.89 Å². The number of hydrogen-bond acceptors (Lipinski definition) is 3. The van der Waals surface area contributed by atoms with Gasteiger partial charge in [-0.15, -0.1) is 24.0 Å². The van der Waals surface area contributed by atoms with Crippen molar-refractivity contribution < 1.29 is 13.2 Å². The van der Waals surface area contributed by atoms with E-state index in [1.165, 1.54) is 18.2 Å². The summed E-state index contributed by atoms with van der Waals surface area (Å²) in [5, 5.41) is 6.40. The van der Waals surface area contributed by atoms with Crippen LogP contribution in [0.15, 0.2) is 58.1 Å². The Labute approximate surface area is 192 Å². The molecule has 0 amide bonds. The predicted molar refractivity (Wildman–Crippen MR) is 125 cm³/mol. The summed E-state index contributed by atoms with van der Waals surface area (Å²) in [4.78, 5) is 8.93. The number of hydrogen-bond donors (Lipinski definition) is 2. The molecule has 0 bridgehead atoms. The van der Waals surface area contributed by atoms with Crippen LogP contribution in [0, 0.1) is 18.6 Å². The molecule has 0 fully saturated rings. The lowest BCUT2D eigenvalue weighted by molar-refractivity contribution is 0.571. The van der Waals surface area contributed by atoms with E-state index in [9.17, 15) is 8.78 Å². The number of rotatable bonds is 7. The number of nitrogens with one attached hydrogen (secondary N) is 2. The molecule has 3 rings (SSSR count). The number of aliphatic imine (C=N–C) groups is 1. The van der Waals surface area contributed by atoms with Crippen molar-refractivity contribution in [3.05, 3.63) is 77.2 Å². The van der Waals surface area contributed by atoms with Crippen molar-refractivity contribution in [1.29, 1.82) is 0 Å². The van der Waals surface area contributed by atoms with Gasteiger partial charge in [0.25, 0.3) is 0 Å². The first-order valence-electron chi connectivity index (χ1n) is 9.52. The van der Waals surface area contributed by atoms with Gasteiger partial charge >= 0.3 is 0 Å². The Kier molecular flexibility index (Phi) is 9.22. The second-order valence-electron chi connectivity index (χ2n) is 6.61.